The van der Waals surface area contributed by atoms with E-state index in [1.54, 1.807) is 0 Å². The summed E-state index contributed by atoms with van der Waals surface area (Å²) in [5.74, 6) is 0.463. The molecule has 0 aromatic rings. The van der Waals surface area contributed by atoms with Crippen LogP contribution in [0.2, 0.25) is 19.1 Å². The van der Waals surface area contributed by atoms with E-state index in [2.05, 4.69) is 20.0 Å². The molecule has 0 aliphatic rings. The second-order valence-electron chi connectivity index (χ2n) is 4.13. The molecule has 0 bridgehead atoms. The van der Waals surface area contributed by atoms with Crippen LogP contribution >= 0.6 is 11.6 Å². The first kappa shape index (κ1) is 14.0. The van der Waals surface area contributed by atoms with E-state index in [1.165, 1.54) is 0 Å². The number of alkyl halides is 1. The number of unbranched alkanes of at least 4 members (excludes halogenated alkanes) is 1. The lowest BCUT2D eigenvalue weighted by Crippen LogP contribution is -2.33. The molecule has 0 aliphatic carbocycles. The molecule has 0 radical (unpaired) electrons. The third kappa shape index (κ3) is 7.39. The van der Waals surface area contributed by atoms with Crippen LogP contribution in [0.4, 0.5) is 0 Å². The molecule has 0 amide bonds. The molecule has 0 saturated heterocycles. The number of hydrogen-bond acceptors (Lipinski definition) is 2. The minimum absolute atomic E-state index is 0.0709. The summed E-state index contributed by atoms with van der Waals surface area (Å²) in [6.45, 7) is 6.35. The van der Waals surface area contributed by atoms with Gasteiger partial charge in [0.25, 0.3) is 5.97 Å². The van der Waals surface area contributed by atoms with Crippen LogP contribution in [-0.2, 0) is 9.22 Å². The Morgan fingerprint density at radius 1 is 1.36 bits per heavy atom. The van der Waals surface area contributed by atoms with E-state index in [-0.39, 0.29) is 5.97 Å². The lowest BCUT2D eigenvalue weighted by Gasteiger charge is -2.22. The van der Waals surface area contributed by atoms with Crippen LogP contribution in [-0.4, -0.2) is 20.2 Å². The lowest BCUT2D eigenvalue weighted by molar-refractivity contribution is -0.135. The first-order valence-electron chi connectivity index (χ1n) is 5.29. The standard InChI is InChI=1S/C10H21ClO2Si/c1-4-5-9-14(2,3)13-10(12)7-6-8-11/h4-9H2,1-3H3. The Labute approximate surface area is 93.1 Å². The molecule has 0 rings (SSSR count). The van der Waals surface area contributed by atoms with E-state index in [9.17, 15) is 4.79 Å². The van der Waals surface area contributed by atoms with Gasteiger partial charge in [-0.3, -0.25) is 4.79 Å². The van der Waals surface area contributed by atoms with Crippen LogP contribution in [0.15, 0.2) is 0 Å². The van der Waals surface area contributed by atoms with Crippen molar-refractivity contribution < 1.29 is 9.22 Å². The van der Waals surface area contributed by atoms with Gasteiger partial charge in [0, 0.05) is 12.3 Å². The van der Waals surface area contributed by atoms with E-state index in [1.807, 2.05) is 0 Å². The molecule has 0 N–H and O–H groups in total. The summed E-state index contributed by atoms with van der Waals surface area (Å²) in [7, 11) is -1.73. The van der Waals surface area contributed by atoms with Gasteiger partial charge in [0.15, 0.2) is 0 Å². The average Bonchev–Trinajstić information content (AvgIpc) is 2.11. The van der Waals surface area contributed by atoms with Crippen molar-refractivity contribution >= 4 is 25.9 Å². The normalized spacial score (nSPS) is 11.4. The molecule has 0 spiro atoms. The van der Waals surface area contributed by atoms with E-state index < -0.39 is 8.32 Å². The Morgan fingerprint density at radius 3 is 2.50 bits per heavy atom. The van der Waals surface area contributed by atoms with Crippen LogP contribution in [0.1, 0.15) is 32.6 Å². The molecular weight excluding hydrogens is 216 g/mol. The number of halogens is 1. The van der Waals surface area contributed by atoms with Crippen molar-refractivity contribution in [2.45, 2.75) is 51.7 Å². The minimum Gasteiger partial charge on any atom is -0.520 e. The van der Waals surface area contributed by atoms with Gasteiger partial charge in [-0.25, -0.2) is 0 Å². The summed E-state index contributed by atoms with van der Waals surface area (Å²) in [6.07, 6.45) is 3.50. The maximum atomic E-state index is 11.3. The topological polar surface area (TPSA) is 26.3 Å². The molecule has 0 saturated carbocycles. The van der Waals surface area contributed by atoms with E-state index in [4.69, 9.17) is 16.0 Å². The number of rotatable bonds is 7. The molecule has 0 atom stereocenters. The highest BCUT2D eigenvalue weighted by molar-refractivity contribution is 6.72. The predicted octanol–water partition coefficient (Wildman–Crippen LogP) is 3.55. The summed E-state index contributed by atoms with van der Waals surface area (Å²) in [5, 5.41) is 0. The first-order valence-corrected chi connectivity index (χ1v) is 8.94. The highest BCUT2D eigenvalue weighted by Crippen LogP contribution is 2.16. The Morgan fingerprint density at radius 2 is 2.00 bits per heavy atom. The Kier molecular flexibility index (Phi) is 7.28. The molecule has 0 aliphatic heterocycles. The third-order valence-electron chi connectivity index (χ3n) is 2.04. The molecular formula is C10H21ClO2Si. The molecule has 14 heavy (non-hydrogen) atoms. The second-order valence-corrected chi connectivity index (χ2v) is 8.73. The monoisotopic (exact) mass is 236 g/mol. The molecule has 0 unspecified atom stereocenters. The fourth-order valence-electron chi connectivity index (χ4n) is 1.22. The quantitative estimate of drug-likeness (QED) is 0.499. The Hall–Kier alpha value is -0.0231. The maximum Gasteiger partial charge on any atom is 0.292 e. The van der Waals surface area contributed by atoms with Crippen molar-refractivity contribution in [3.63, 3.8) is 0 Å². The molecule has 0 aromatic heterocycles. The van der Waals surface area contributed by atoms with E-state index in [0.29, 0.717) is 12.3 Å². The van der Waals surface area contributed by atoms with Crippen molar-refractivity contribution in [1.82, 2.24) is 0 Å². The van der Waals surface area contributed by atoms with Gasteiger partial charge >= 0.3 is 0 Å². The Bertz CT molecular complexity index is 172. The van der Waals surface area contributed by atoms with Crippen LogP contribution in [0, 0.1) is 0 Å². The van der Waals surface area contributed by atoms with Crippen LogP contribution in [0.5, 0.6) is 0 Å². The van der Waals surface area contributed by atoms with Gasteiger partial charge in [0.05, 0.1) is 0 Å². The molecule has 0 aromatic carbocycles. The summed E-state index contributed by atoms with van der Waals surface area (Å²) < 4.78 is 5.48. The van der Waals surface area contributed by atoms with Crippen LogP contribution in [0.25, 0.3) is 0 Å². The summed E-state index contributed by atoms with van der Waals surface area (Å²) in [5.41, 5.74) is 0. The zero-order chi connectivity index (χ0) is 11.0. The predicted molar refractivity (Wildman–Crippen MR) is 63.2 cm³/mol. The third-order valence-corrected chi connectivity index (χ3v) is 4.64. The van der Waals surface area contributed by atoms with Gasteiger partial charge in [-0.05, 0) is 25.6 Å². The highest BCUT2D eigenvalue weighted by Gasteiger charge is 2.25. The molecule has 2 nitrogen and oxygen atoms in total. The molecule has 4 heteroatoms. The molecule has 0 heterocycles. The van der Waals surface area contributed by atoms with Crippen LogP contribution < -0.4 is 0 Å². The zero-order valence-electron chi connectivity index (χ0n) is 9.44. The maximum absolute atomic E-state index is 11.3. The van der Waals surface area contributed by atoms with Gasteiger partial charge in [-0.1, -0.05) is 19.8 Å². The minimum atomic E-state index is -1.73. The summed E-state index contributed by atoms with van der Waals surface area (Å²) in [4.78, 5) is 11.3. The van der Waals surface area contributed by atoms with Crippen molar-refractivity contribution in [3.8, 4) is 0 Å². The smallest absolute Gasteiger partial charge is 0.292 e. The molecule has 0 fully saturated rings. The number of carbonyl (C=O) groups excluding carboxylic acids is 1. The second kappa shape index (κ2) is 7.29. The van der Waals surface area contributed by atoms with Crippen LogP contribution in [0.3, 0.4) is 0 Å². The average molecular weight is 237 g/mol. The van der Waals surface area contributed by atoms with Gasteiger partial charge in [0.2, 0.25) is 8.32 Å². The van der Waals surface area contributed by atoms with Gasteiger partial charge in [0.1, 0.15) is 0 Å². The van der Waals surface area contributed by atoms with Gasteiger partial charge in [-0.15, -0.1) is 11.6 Å². The fraction of sp³-hybridized carbons (Fsp3) is 0.900. The van der Waals surface area contributed by atoms with Crippen molar-refractivity contribution in [2.24, 2.45) is 0 Å². The number of hydrogen-bond donors (Lipinski definition) is 0. The lowest BCUT2D eigenvalue weighted by atomic mass is 10.3. The first-order chi connectivity index (χ1) is 6.52. The Balaban J connectivity index is 3.76. The van der Waals surface area contributed by atoms with Gasteiger partial charge < -0.3 is 4.43 Å². The zero-order valence-corrected chi connectivity index (χ0v) is 11.2. The number of carbonyl (C=O) groups is 1. The van der Waals surface area contributed by atoms with Gasteiger partial charge in [-0.2, -0.15) is 0 Å². The highest BCUT2D eigenvalue weighted by atomic mass is 35.5. The summed E-state index contributed by atoms with van der Waals surface area (Å²) in [6, 6.07) is 1.07. The van der Waals surface area contributed by atoms with E-state index >= 15 is 0 Å². The van der Waals surface area contributed by atoms with Crippen molar-refractivity contribution in [1.29, 1.82) is 0 Å². The van der Waals surface area contributed by atoms with E-state index in [0.717, 1.165) is 25.3 Å². The van der Waals surface area contributed by atoms with Crippen molar-refractivity contribution in [3.05, 3.63) is 0 Å². The van der Waals surface area contributed by atoms with Crippen molar-refractivity contribution in [2.75, 3.05) is 5.88 Å². The summed E-state index contributed by atoms with van der Waals surface area (Å²) >= 11 is 5.50. The molecule has 84 valence electrons. The SMILES string of the molecule is CCCC[Si](C)(C)OC(=O)CCCCl. The largest absolute Gasteiger partial charge is 0.520 e. The fourth-order valence-corrected chi connectivity index (χ4v) is 3.38.